The van der Waals surface area contributed by atoms with Gasteiger partial charge in [0.1, 0.15) is 11.4 Å². The highest BCUT2D eigenvalue weighted by atomic mass is 32.1. The highest BCUT2D eigenvalue weighted by molar-refractivity contribution is 7.11. The molecule has 0 unspecified atom stereocenters. The number of likely N-dealkylation sites (N-methyl/N-ethyl adjacent to an activating group) is 1. The van der Waals surface area contributed by atoms with Crippen LogP contribution in [0.5, 0.6) is 22.7 Å². The molecule has 3 aromatic rings. The van der Waals surface area contributed by atoms with Gasteiger partial charge in [-0.05, 0) is 30.0 Å². The number of aryl methyl sites for hydroxylation is 1. The Balaban J connectivity index is 1.74. The fourth-order valence-corrected chi connectivity index (χ4v) is 3.76. The summed E-state index contributed by atoms with van der Waals surface area (Å²) in [6, 6.07) is 6.03. The van der Waals surface area contributed by atoms with E-state index in [4.69, 9.17) is 19.3 Å². The molecule has 0 saturated heterocycles. The van der Waals surface area contributed by atoms with Crippen molar-refractivity contribution in [3.63, 3.8) is 0 Å². The first-order chi connectivity index (χ1) is 17.6. The topological polar surface area (TPSA) is 148 Å². The van der Waals surface area contributed by atoms with Crippen LogP contribution in [0.15, 0.2) is 23.6 Å². The SMILES string of the molecule is COc1nc(NCCN(C)C(=O)O)nc(OC)c1NC(=O)c1csc(Oc2cc(C(C)C)ccc2C)n1. The molecule has 198 valence electrons. The number of anilines is 2. The normalized spacial score (nSPS) is 10.7. The van der Waals surface area contributed by atoms with Gasteiger partial charge in [0.05, 0.1) is 14.2 Å². The van der Waals surface area contributed by atoms with Gasteiger partial charge in [-0.1, -0.05) is 37.3 Å². The van der Waals surface area contributed by atoms with Gasteiger partial charge in [-0.25, -0.2) is 4.79 Å². The number of carbonyl (C=O) groups is 2. The van der Waals surface area contributed by atoms with Crippen molar-refractivity contribution in [2.75, 3.05) is 45.0 Å². The number of aromatic nitrogens is 3. The number of benzene rings is 1. The lowest BCUT2D eigenvalue weighted by Gasteiger charge is -2.16. The van der Waals surface area contributed by atoms with Crippen molar-refractivity contribution < 1.29 is 28.9 Å². The van der Waals surface area contributed by atoms with Crippen LogP contribution in [0.4, 0.5) is 16.4 Å². The molecule has 13 heteroatoms. The third-order valence-electron chi connectivity index (χ3n) is 5.32. The van der Waals surface area contributed by atoms with E-state index in [1.165, 1.54) is 32.6 Å². The van der Waals surface area contributed by atoms with Gasteiger partial charge in [0.25, 0.3) is 11.1 Å². The summed E-state index contributed by atoms with van der Waals surface area (Å²) in [6.07, 6.45) is -1.05. The Hall–Kier alpha value is -4.13. The van der Waals surface area contributed by atoms with Gasteiger partial charge < -0.3 is 34.9 Å². The average Bonchev–Trinajstić information content (AvgIpc) is 3.34. The third kappa shape index (κ3) is 6.97. The smallest absolute Gasteiger partial charge is 0.407 e. The Labute approximate surface area is 218 Å². The zero-order valence-corrected chi connectivity index (χ0v) is 22.3. The highest BCUT2D eigenvalue weighted by Crippen LogP contribution is 2.34. The molecule has 1 aromatic carbocycles. The molecule has 0 fully saturated rings. The van der Waals surface area contributed by atoms with E-state index in [0.29, 0.717) is 16.9 Å². The Morgan fingerprint density at radius 3 is 2.41 bits per heavy atom. The number of nitrogens with one attached hydrogen (secondary N) is 2. The molecule has 37 heavy (non-hydrogen) atoms. The van der Waals surface area contributed by atoms with Crippen LogP contribution in [0, 0.1) is 6.92 Å². The first-order valence-electron chi connectivity index (χ1n) is 11.4. The quantitative estimate of drug-likeness (QED) is 0.325. The molecule has 0 aliphatic carbocycles. The molecular formula is C24H30N6O6S. The molecule has 2 heterocycles. The maximum atomic E-state index is 13.0. The van der Waals surface area contributed by atoms with Crippen molar-refractivity contribution in [1.82, 2.24) is 19.9 Å². The van der Waals surface area contributed by atoms with Gasteiger partial charge in [0.15, 0.2) is 5.69 Å². The second-order valence-electron chi connectivity index (χ2n) is 8.31. The molecule has 12 nitrogen and oxygen atoms in total. The van der Waals surface area contributed by atoms with E-state index in [0.717, 1.165) is 16.0 Å². The summed E-state index contributed by atoms with van der Waals surface area (Å²) >= 11 is 1.20. The fraction of sp³-hybridized carbons (Fsp3) is 0.375. The Bertz CT molecular complexity index is 1240. The van der Waals surface area contributed by atoms with Gasteiger partial charge in [0.2, 0.25) is 17.7 Å². The number of ether oxygens (including phenoxy) is 3. The summed E-state index contributed by atoms with van der Waals surface area (Å²) in [5.74, 6) is 0.767. The molecule has 0 saturated carbocycles. The van der Waals surface area contributed by atoms with Crippen LogP contribution in [0.3, 0.4) is 0 Å². The summed E-state index contributed by atoms with van der Waals surface area (Å²) in [4.78, 5) is 37.8. The predicted octanol–water partition coefficient (Wildman–Crippen LogP) is 4.45. The minimum atomic E-state index is -1.05. The van der Waals surface area contributed by atoms with E-state index in [1.54, 1.807) is 5.38 Å². The van der Waals surface area contributed by atoms with Crippen molar-refractivity contribution in [2.45, 2.75) is 26.7 Å². The van der Waals surface area contributed by atoms with Crippen LogP contribution in [0.1, 0.15) is 41.4 Å². The van der Waals surface area contributed by atoms with E-state index < -0.39 is 12.0 Å². The monoisotopic (exact) mass is 530 g/mol. The summed E-state index contributed by atoms with van der Waals surface area (Å²) < 4.78 is 16.6. The van der Waals surface area contributed by atoms with Crippen LogP contribution in [0.25, 0.3) is 0 Å². The van der Waals surface area contributed by atoms with E-state index >= 15 is 0 Å². The van der Waals surface area contributed by atoms with Crippen molar-refractivity contribution in [3.8, 4) is 22.7 Å². The molecule has 0 bridgehead atoms. The van der Waals surface area contributed by atoms with Gasteiger partial charge in [-0.3, -0.25) is 4.79 Å². The number of hydrogen-bond donors (Lipinski definition) is 3. The molecule has 2 amide bonds. The van der Waals surface area contributed by atoms with Crippen molar-refractivity contribution in [1.29, 1.82) is 0 Å². The van der Waals surface area contributed by atoms with Crippen LogP contribution in [-0.2, 0) is 0 Å². The standard InChI is InChI=1S/C24H30N6O6S/c1-13(2)15-8-7-14(3)17(11-15)36-23-26-16(12-37-23)19(31)27-18-20(34-5)28-22(29-21(18)35-6)25-9-10-30(4)24(32)33/h7-8,11-13H,9-10H2,1-6H3,(H,27,31)(H,32,33)(H,25,28,29). The van der Waals surface area contributed by atoms with Crippen molar-refractivity contribution >= 4 is 35.0 Å². The van der Waals surface area contributed by atoms with Gasteiger partial charge in [-0.2, -0.15) is 15.0 Å². The van der Waals surface area contributed by atoms with Crippen molar-refractivity contribution in [3.05, 3.63) is 40.4 Å². The van der Waals surface area contributed by atoms with Gasteiger partial charge in [-0.15, -0.1) is 0 Å². The number of thiazole rings is 1. The lowest BCUT2D eigenvalue weighted by molar-refractivity contribution is 0.102. The lowest BCUT2D eigenvalue weighted by Crippen LogP contribution is -2.30. The zero-order chi connectivity index (χ0) is 27.1. The number of hydrogen-bond acceptors (Lipinski definition) is 10. The molecule has 0 spiro atoms. The molecule has 0 aliphatic rings. The van der Waals surface area contributed by atoms with E-state index in [2.05, 4.69) is 45.5 Å². The molecule has 2 aromatic heterocycles. The minimum Gasteiger partial charge on any atom is -0.479 e. The first kappa shape index (κ1) is 27.5. The number of amides is 2. The van der Waals surface area contributed by atoms with Crippen molar-refractivity contribution in [2.24, 2.45) is 0 Å². The zero-order valence-electron chi connectivity index (χ0n) is 21.5. The summed E-state index contributed by atoms with van der Waals surface area (Å²) in [7, 11) is 4.23. The molecule has 0 radical (unpaired) electrons. The van der Waals surface area contributed by atoms with Crippen LogP contribution >= 0.6 is 11.3 Å². The number of methoxy groups -OCH3 is 2. The largest absolute Gasteiger partial charge is 0.479 e. The Kier molecular flexibility index (Phi) is 9.06. The fourth-order valence-electron chi connectivity index (χ4n) is 3.10. The number of carbonyl (C=O) groups excluding carboxylic acids is 1. The van der Waals surface area contributed by atoms with E-state index in [1.807, 2.05) is 19.1 Å². The van der Waals surface area contributed by atoms with Gasteiger partial charge >= 0.3 is 6.09 Å². The maximum absolute atomic E-state index is 13.0. The van der Waals surface area contributed by atoms with E-state index in [-0.39, 0.29) is 42.2 Å². The number of nitrogens with zero attached hydrogens (tertiary/aromatic N) is 4. The number of rotatable bonds is 11. The van der Waals surface area contributed by atoms with Crippen LogP contribution < -0.4 is 24.8 Å². The summed E-state index contributed by atoms with van der Waals surface area (Å²) in [5.41, 5.74) is 2.36. The molecule has 0 atom stereocenters. The average molecular weight is 531 g/mol. The van der Waals surface area contributed by atoms with Gasteiger partial charge in [0, 0.05) is 25.5 Å². The van der Waals surface area contributed by atoms with Crippen LogP contribution in [0.2, 0.25) is 0 Å². The predicted molar refractivity (Wildman–Crippen MR) is 140 cm³/mol. The third-order valence-corrected chi connectivity index (χ3v) is 6.03. The second kappa shape index (κ2) is 12.2. The maximum Gasteiger partial charge on any atom is 0.407 e. The summed E-state index contributed by atoms with van der Waals surface area (Å²) in [5, 5.41) is 16.5. The Morgan fingerprint density at radius 2 is 1.81 bits per heavy atom. The lowest BCUT2D eigenvalue weighted by atomic mass is 10.0. The second-order valence-corrected chi connectivity index (χ2v) is 9.13. The summed E-state index contributed by atoms with van der Waals surface area (Å²) in [6.45, 7) is 6.61. The number of carboxylic acid groups (broad SMARTS) is 1. The molecule has 0 aliphatic heterocycles. The Morgan fingerprint density at radius 1 is 1.14 bits per heavy atom. The first-order valence-corrected chi connectivity index (χ1v) is 12.2. The molecule has 3 N–H and O–H groups in total. The minimum absolute atomic E-state index is 0.0575. The molecule has 3 rings (SSSR count). The van der Waals surface area contributed by atoms with E-state index in [9.17, 15) is 9.59 Å². The highest BCUT2D eigenvalue weighted by Gasteiger charge is 2.21. The molecular weight excluding hydrogens is 500 g/mol. The van der Waals surface area contributed by atoms with Crippen LogP contribution in [-0.4, -0.2) is 71.3 Å².